The number of fused-ring (bicyclic) bond motifs is 1. The highest BCUT2D eigenvalue weighted by atomic mass is 32.1. The summed E-state index contributed by atoms with van der Waals surface area (Å²) < 4.78 is 4.79. The van der Waals surface area contributed by atoms with E-state index in [1.54, 1.807) is 12.1 Å². The van der Waals surface area contributed by atoms with Gasteiger partial charge in [-0.15, -0.1) is 0 Å². The van der Waals surface area contributed by atoms with E-state index >= 15 is 0 Å². The number of para-hydroxylation sites is 1. The van der Waals surface area contributed by atoms with E-state index in [4.69, 9.17) is 4.74 Å². The Balaban J connectivity index is 2.00. The number of methoxy groups -OCH3 is 1. The quantitative estimate of drug-likeness (QED) is 0.489. The average molecular weight is 332 g/mol. The molecule has 0 fully saturated rings. The molecule has 1 aromatic heterocycles. The van der Waals surface area contributed by atoms with E-state index in [2.05, 4.69) is 0 Å². The highest BCUT2D eigenvalue weighted by molar-refractivity contribution is 7.17. The van der Waals surface area contributed by atoms with Crippen LogP contribution in [0, 0.1) is 10.1 Å². The van der Waals surface area contributed by atoms with Gasteiger partial charge < -0.3 is 4.74 Å². The maximum absolute atomic E-state index is 12.8. The third-order valence-electron chi connectivity index (χ3n) is 3.65. The summed E-state index contributed by atoms with van der Waals surface area (Å²) in [7, 11) is 1.27. The van der Waals surface area contributed by atoms with Crippen molar-refractivity contribution in [3.8, 4) is 0 Å². The third-order valence-corrected chi connectivity index (χ3v) is 4.68. The van der Waals surface area contributed by atoms with Crippen LogP contribution < -0.4 is 4.90 Å². The van der Waals surface area contributed by atoms with Crippen molar-refractivity contribution in [3.63, 3.8) is 0 Å². The van der Waals surface area contributed by atoms with Gasteiger partial charge in [-0.1, -0.05) is 29.5 Å². The van der Waals surface area contributed by atoms with E-state index in [0.717, 1.165) is 16.9 Å². The maximum atomic E-state index is 12.8. The van der Waals surface area contributed by atoms with Gasteiger partial charge in [-0.2, -0.15) is 0 Å². The van der Waals surface area contributed by atoms with Crippen LogP contribution in [-0.4, -0.2) is 30.0 Å². The Bertz CT molecular complexity index is 801. The summed E-state index contributed by atoms with van der Waals surface area (Å²) in [6.07, 6.45) is 0.363. The molecule has 3 rings (SSSR count). The number of rotatable bonds is 3. The fourth-order valence-electron chi connectivity index (χ4n) is 2.62. The number of hydrogen-bond acceptors (Lipinski definition) is 6. The van der Waals surface area contributed by atoms with Gasteiger partial charge in [-0.3, -0.25) is 19.8 Å². The number of carbonyl (C=O) groups is 2. The predicted octanol–water partition coefficient (Wildman–Crippen LogP) is 2.40. The molecule has 0 bridgehead atoms. The summed E-state index contributed by atoms with van der Waals surface area (Å²) >= 11 is 0.790. The average Bonchev–Trinajstić information content (AvgIpc) is 3.18. The van der Waals surface area contributed by atoms with E-state index in [0.29, 0.717) is 12.1 Å². The summed E-state index contributed by atoms with van der Waals surface area (Å²) in [4.78, 5) is 36.6. The molecule has 0 spiro atoms. The summed E-state index contributed by atoms with van der Waals surface area (Å²) in [5.41, 5.74) is 1.49. The first-order valence-corrected chi connectivity index (χ1v) is 7.58. The second kappa shape index (κ2) is 5.81. The van der Waals surface area contributed by atoms with Crippen LogP contribution in [-0.2, 0) is 16.0 Å². The first kappa shape index (κ1) is 15.2. The lowest BCUT2D eigenvalue weighted by Gasteiger charge is -2.23. The van der Waals surface area contributed by atoms with Gasteiger partial charge in [0.05, 0.1) is 16.9 Å². The predicted molar refractivity (Wildman–Crippen MR) is 83.7 cm³/mol. The number of nitrogens with zero attached hydrogens (tertiary/aromatic N) is 2. The molecule has 0 aliphatic carbocycles. The molecule has 0 unspecified atom stereocenters. The monoisotopic (exact) mass is 332 g/mol. The highest BCUT2D eigenvalue weighted by Gasteiger charge is 2.40. The summed E-state index contributed by atoms with van der Waals surface area (Å²) in [6.45, 7) is 0. The van der Waals surface area contributed by atoms with E-state index in [9.17, 15) is 19.7 Å². The van der Waals surface area contributed by atoms with Crippen molar-refractivity contribution >= 4 is 33.9 Å². The lowest BCUT2D eigenvalue weighted by atomic mass is 10.1. The van der Waals surface area contributed by atoms with Crippen LogP contribution in [0.15, 0.2) is 36.4 Å². The Hall–Kier alpha value is -2.74. The van der Waals surface area contributed by atoms with E-state index < -0.39 is 22.8 Å². The molecule has 1 aliphatic rings. The van der Waals surface area contributed by atoms with Crippen molar-refractivity contribution in [1.82, 2.24) is 0 Å². The summed E-state index contributed by atoms with van der Waals surface area (Å²) in [5, 5.41) is 10.7. The van der Waals surface area contributed by atoms with Gasteiger partial charge in [-0.05, 0) is 17.7 Å². The van der Waals surface area contributed by atoms with Crippen LogP contribution in [0.4, 0.5) is 10.7 Å². The van der Waals surface area contributed by atoms with Gasteiger partial charge in [0.25, 0.3) is 5.91 Å². The normalized spacial score (nSPS) is 16.0. The number of amides is 1. The van der Waals surface area contributed by atoms with Gasteiger partial charge >= 0.3 is 11.0 Å². The zero-order valence-electron chi connectivity index (χ0n) is 12.1. The first-order valence-electron chi connectivity index (χ1n) is 6.76. The number of anilines is 1. The van der Waals surface area contributed by atoms with Crippen molar-refractivity contribution in [2.24, 2.45) is 0 Å². The Labute approximate surface area is 135 Å². The number of thiophene rings is 1. The summed E-state index contributed by atoms with van der Waals surface area (Å²) in [6, 6.07) is 9.12. The molecule has 1 aromatic carbocycles. The lowest BCUT2D eigenvalue weighted by molar-refractivity contribution is -0.380. The molecule has 0 N–H and O–H groups in total. The van der Waals surface area contributed by atoms with Crippen LogP contribution >= 0.6 is 11.3 Å². The van der Waals surface area contributed by atoms with Crippen molar-refractivity contribution in [1.29, 1.82) is 0 Å². The minimum Gasteiger partial charge on any atom is -0.467 e. The number of esters is 1. The smallest absolute Gasteiger partial charge is 0.329 e. The molecular weight excluding hydrogens is 320 g/mol. The van der Waals surface area contributed by atoms with Gasteiger partial charge in [0, 0.05) is 18.2 Å². The minimum atomic E-state index is -0.758. The molecule has 23 heavy (non-hydrogen) atoms. The molecule has 1 aliphatic heterocycles. The van der Waals surface area contributed by atoms with Crippen LogP contribution in [0.25, 0.3) is 0 Å². The fourth-order valence-corrected chi connectivity index (χ4v) is 3.38. The molecule has 0 saturated carbocycles. The first-order chi connectivity index (χ1) is 11.0. The summed E-state index contributed by atoms with van der Waals surface area (Å²) in [5.74, 6) is -0.955. The molecule has 1 atom stereocenters. The second-order valence-corrected chi connectivity index (χ2v) is 6.00. The molecule has 118 valence electrons. The number of benzene rings is 1. The highest BCUT2D eigenvalue weighted by Crippen LogP contribution is 2.35. The zero-order valence-corrected chi connectivity index (χ0v) is 12.9. The van der Waals surface area contributed by atoms with E-state index in [1.165, 1.54) is 24.1 Å². The number of nitro groups is 1. The Morgan fingerprint density at radius 1 is 1.30 bits per heavy atom. The molecule has 7 nitrogen and oxygen atoms in total. The second-order valence-electron chi connectivity index (χ2n) is 4.94. The van der Waals surface area contributed by atoms with Crippen molar-refractivity contribution in [3.05, 3.63) is 57.0 Å². The van der Waals surface area contributed by atoms with E-state index in [-0.39, 0.29) is 9.88 Å². The Morgan fingerprint density at radius 2 is 2.04 bits per heavy atom. The standard InChI is InChI=1S/C15H12N2O5S/c1-22-15(19)11-8-9-4-2-3-5-10(9)16(11)14(18)12-6-7-13(23-12)17(20)21/h2-7,11H,8H2,1H3/t11-/m0/s1. The number of hydrogen-bond donors (Lipinski definition) is 0. The maximum Gasteiger partial charge on any atom is 0.329 e. The van der Waals surface area contributed by atoms with Crippen molar-refractivity contribution < 1.29 is 19.2 Å². The van der Waals surface area contributed by atoms with E-state index in [1.807, 2.05) is 12.1 Å². The van der Waals surface area contributed by atoms with Gasteiger partial charge in [-0.25, -0.2) is 4.79 Å². The van der Waals surface area contributed by atoms with Gasteiger partial charge in [0.2, 0.25) is 0 Å². The third kappa shape index (κ3) is 2.57. The van der Waals surface area contributed by atoms with Crippen molar-refractivity contribution in [2.75, 3.05) is 12.0 Å². The molecule has 1 amide bonds. The van der Waals surface area contributed by atoms with Crippen LogP contribution in [0.5, 0.6) is 0 Å². The zero-order chi connectivity index (χ0) is 16.6. The molecule has 0 saturated heterocycles. The lowest BCUT2D eigenvalue weighted by Crippen LogP contribution is -2.43. The Kier molecular flexibility index (Phi) is 3.83. The fraction of sp³-hybridized carbons (Fsp3) is 0.200. The molecule has 8 heteroatoms. The molecular formula is C15H12N2O5S. The van der Waals surface area contributed by atoms with Crippen LogP contribution in [0.3, 0.4) is 0 Å². The van der Waals surface area contributed by atoms with Gasteiger partial charge in [0.15, 0.2) is 0 Å². The molecule has 0 radical (unpaired) electrons. The molecule has 2 aromatic rings. The van der Waals surface area contributed by atoms with Crippen LogP contribution in [0.1, 0.15) is 15.2 Å². The largest absolute Gasteiger partial charge is 0.467 e. The Morgan fingerprint density at radius 3 is 2.70 bits per heavy atom. The minimum absolute atomic E-state index is 0.115. The topological polar surface area (TPSA) is 89.8 Å². The van der Waals surface area contributed by atoms with Crippen LogP contribution in [0.2, 0.25) is 0 Å². The number of ether oxygens (including phenoxy) is 1. The van der Waals surface area contributed by atoms with Gasteiger partial charge in [0.1, 0.15) is 6.04 Å². The number of carbonyl (C=O) groups excluding carboxylic acids is 2. The SMILES string of the molecule is COC(=O)[C@@H]1Cc2ccccc2N1C(=O)c1ccc([N+](=O)[O-])s1. The van der Waals surface area contributed by atoms with Crippen molar-refractivity contribution in [2.45, 2.75) is 12.5 Å². The molecule has 2 heterocycles.